The van der Waals surface area contributed by atoms with Gasteiger partial charge in [-0.2, -0.15) is 0 Å². The van der Waals surface area contributed by atoms with Crippen molar-refractivity contribution in [3.05, 3.63) is 24.0 Å². The molecule has 1 fully saturated rings. The molecule has 0 saturated heterocycles. The molecule has 108 valence electrons. The average molecular weight is 293 g/mol. The summed E-state index contributed by atoms with van der Waals surface area (Å²) < 4.78 is 8.03. The highest BCUT2D eigenvalue weighted by molar-refractivity contribution is 6.20. The number of fused-ring (bicyclic) bond motifs is 1. The highest BCUT2D eigenvalue weighted by Crippen LogP contribution is 2.42. The Morgan fingerprint density at radius 2 is 2.20 bits per heavy atom. The molecule has 4 heteroatoms. The molecule has 1 aromatic heterocycles. The number of hydrogen-bond donors (Lipinski definition) is 0. The highest BCUT2D eigenvalue weighted by atomic mass is 35.5. The first-order chi connectivity index (χ1) is 9.61. The third-order valence-corrected chi connectivity index (χ3v) is 4.28. The predicted octanol–water partition coefficient (Wildman–Crippen LogP) is 4.71. The topological polar surface area (TPSA) is 27.1 Å². The fraction of sp³-hybridized carbons (Fsp3) is 0.562. The van der Waals surface area contributed by atoms with Gasteiger partial charge in [-0.1, -0.05) is 13.0 Å². The number of alkyl halides is 1. The van der Waals surface area contributed by atoms with Gasteiger partial charge in [0.15, 0.2) is 0 Å². The van der Waals surface area contributed by atoms with E-state index in [4.69, 9.17) is 21.3 Å². The molecule has 3 rings (SSSR count). The Labute approximate surface area is 124 Å². The molecule has 1 aliphatic carbocycles. The van der Waals surface area contributed by atoms with E-state index in [2.05, 4.69) is 17.6 Å². The lowest BCUT2D eigenvalue weighted by molar-refractivity contribution is 0.216. The number of benzene rings is 1. The van der Waals surface area contributed by atoms with Crippen molar-refractivity contribution in [3.8, 4) is 5.75 Å². The van der Waals surface area contributed by atoms with E-state index >= 15 is 0 Å². The molecular formula is C16H21ClN2O. The fourth-order valence-corrected chi connectivity index (χ4v) is 3.27. The minimum atomic E-state index is -0.0900. The van der Waals surface area contributed by atoms with E-state index < -0.39 is 0 Å². The first-order valence-corrected chi connectivity index (χ1v) is 7.83. The highest BCUT2D eigenvalue weighted by Gasteiger charge is 2.31. The van der Waals surface area contributed by atoms with E-state index in [1.807, 2.05) is 26.0 Å². The summed E-state index contributed by atoms with van der Waals surface area (Å²) in [6.07, 6.45) is 2.42. The fourth-order valence-electron chi connectivity index (χ4n) is 3.12. The van der Waals surface area contributed by atoms with Crippen molar-refractivity contribution < 1.29 is 4.74 Å². The Hall–Kier alpha value is -1.22. The number of halogens is 1. The van der Waals surface area contributed by atoms with E-state index in [0.29, 0.717) is 12.6 Å². The summed E-state index contributed by atoms with van der Waals surface area (Å²) in [4.78, 5) is 4.76. The first-order valence-electron chi connectivity index (χ1n) is 7.39. The number of hydrogen-bond acceptors (Lipinski definition) is 2. The summed E-state index contributed by atoms with van der Waals surface area (Å²) in [5, 5.41) is -0.0900. The molecule has 1 unspecified atom stereocenters. The molecule has 1 aromatic carbocycles. The van der Waals surface area contributed by atoms with E-state index in [1.54, 1.807) is 0 Å². The zero-order valence-electron chi connectivity index (χ0n) is 12.3. The van der Waals surface area contributed by atoms with Crippen LogP contribution in [0.15, 0.2) is 18.2 Å². The normalized spacial score (nSPS) is 23.6. The minimum Gasteiger partial charge on any atom is -0.492 e. The number of nitrogens with zero attached hydrogens (tertiary/aromatic N) is 2. The monoisotopic (exact) mass is 292 g/mol. The molecule has 20 heavy (non-hydrogen) atoms. The van der Waals surface area contributed by atoms with Crippen LogP contribution in [-0.2, 0) is 0 Å². The first kappa shape index (κ1) is 13.7. The second-order valence-corrected chi connectivity index (χ2v) is 6.40. The predicted molar refractivity (Wildman–Crippen MR) is 82.6 cm³/mol. The molecule has 1 heterocycles. The van der Waals surface area contributed by atoms with Crippen molar-refractivity contribution in [2.75, 3.05) is 6.61 Å². The average Bonchev–Trinajstić information content (AvgIpc) is 2.76. The van der Waals surface area contributed by atoms with Crippen molar-refractivity contribution in [1.82, 2.24) is 9.55 Å². The van der Waals surface area contributed by atoms with Crippen molar-refractivity contribution in [1.29, 1.82) is 0 Å². The van der Waals surface area contributed by atoms with Gasteiger partial charge in [0.2, 0.25) is 0 Å². The Kier molecular flexibility index (Phi) is 3.63. The maximum atomic E-state index is 6.35. The third kappa shape index (κ3) is 2.18. The van der Waals surface area contributed by atoms with E-state index in [1.165, 1.54) is 12.8 Å². The second-order valence-electron chi connectivity index (χ2n) is 5.74. The maximum absolute atomic E-state index is 6.35. The molecule has 1 saturated carbocycles. The summed E-state index contributed by atoms with van der Waals surface area (Å²) in [6.45, 7) is 6.93. The van der Waals surface area contributed by atoms with Gasteiger partial charge in [0.05, 0.1) is 17.5 Å². The van der Waals surface area contributed by atoms with E-state index in [-0.39, 0.29) is 5.38 Å². The molecule has 1 aliphatic rings. The number of imidazole rings is 1. The molecule has 0 radical (unpaired) electrons. The van der Waals surface area contributed by atoms with Crippen molar-refractivity contribution >= 4 is 22.6 Å². The molecule has 0 spiro atoms. The molecule has 2 aromatic rings. The van der Waals surface area contributed by atoms with Gasteiger partial charge in [0.1, 0.15) is 17.1 Å². The van der Waals surface area contributed by atoms with Gasteiger partial charge in [-0.05, 0) is 44.7 Å². The van der Waals surface area contributed by atoms with Gasteiger partial charge >= 0.3 is 0 Å². The molecule has 0 N–H and O–H groups in total. The maximum Gasteiger partial charge on any atom is 0.147 e. The van der Waals surface area contributed by atoms with Gasteiger partial charge < -0.3 is 9.30 Å². The number of ether oxygens (including phenoxy) is 1. The number of aromatic nitrogens is 2. The lowest BCUT2D eigenvalue weighted by Crippen LogP contribution is -2.26. The smallest absolute Gasteiger partial charge is 0.147 e. The van der Waals surface area contributed by atoms with Crippen LogP contribution < -0.4 is 4.74 Å². The Morgan fingerprint density at radius 3 is 2.80 bits per heavy atom. The van der Waals surface area contributed by atoms with Crippen LogP contribution in [0.5, 0.6) is 5.75 Å². The van der Waals surface area contributed by atoms with E-state index in [9.17, 15) is 0 Å². The van der Waals surface area contributed by atoms with Crippen LogP contribution in [0.4, 0.5) is 0 Å². The molecule has 3 nitrogen and oxygen atoms in total. The van der Waals surface area contributed by atoms with Crippen LogP contribution in [0.3, 0.4) is 0 Å². The molecule has 0 bridgehead atoms. The van der Waals surface area contributed by atoms with Gasteiger partial charge in [-0.3, -0.25) is 0 Å². The molecule has 1 atom stereocenters. The van der Waals surface area contributed by atoms with Crippen LogP contribution in [0.25, 0.3) is 11.0 Å². The lowest BCUT2D eigenvalue weighted by Gasteiger charge is -2.35. The summed E-state index contributed by atoms with van der Waals surface area (Å²) in [5.74, 6) is 2.62. The van der Waals surface area contributed by atoms with Crippen molar-refractivity contribution in [2.45, 2.75) is 45.0 Å². The van der Waals surface area contributed by atoms with Gasteiger partial charge in [0.25, 0.3) is 0 Å². The SMILES string of the molecule is CCOc1cccc2c1nc(C(C)Cl)n2C1CC(C)C1. The summed E-state index contributed by atoms with van der Waals surface area (Å²) >= 11 is 6.35. The number of rotatable bonds is 4. The van der Waals surface area contributed by atoms with Gasteiger partial charge in [-0.15, -0.1) is 11.6 Å². The van der Waals surface area contributed by atoms with Crippen LogP contribution in [-0.4, -0.2) is 16.2 Å². The summed E-state index contributed by atoms with van der Waals surface area (Å²) in [5.41, 5.74) is 2.09. The van der Waals surface area contributed by atoms with Crippen LogP contribution in [0.1, 0.15) is 50.9 Å². The van der Waals surface area contributed by atoms with Crippen LogP contribution >= 0.6 is 11.6 Å². The second kappa shape index (κ2) is 5.28. The Balaban J connectivity index is 2.15. The molecule has 0 aliphatic heterocycles. The lowest BCUT2D eigenvalue weighted by atomic mass is 9.81. The summed E-state index contributed by atoms with van der Waals surface area (Å²) in [6, 6.07) is 6.67. The molecular weight excluding hydrogens is 272 g/mol. The standard InChI is InChI=1S/C16H21ClN2O/c1-4-20-14-7-5-6-13-15(14)18-16(11(3)17)19(13)12-8-10(2)9-12/h5-7,10-12H,4,8-9H2,1-3H3. The minimum absolute atomic E-state index is 0.0900. The Bertz CT molecular complexity index is 614. The molecule has 0 amide bonds. The van der Waals surface area contributed by atoms with Crippen LogP contribution in [0, 0.1) is 5.92 Å². The zero-order valence-corrected chi connectivity index (χ0v) is 13.0. The van der Waals surface area contributed by atoms with Gasteiger partial charge in [-0.25, -0.2) is 4.98 Å². The zero-order chi connectivity index (χ0) is 14.3. The summed E-state index contributed by atoms with van der Waals surface area (Å²) in [7, 11) is 0. The van der Waals surface area contributed by atoms with E-state index in [0.717, 1.165) is 28.5 Å². The quantitative estimate of drug-likeness (QED) is 0.763. The Morgan fingerprint density at radius 1 is 1.45 bits per heavy atom. The van der Waals surface area contributed by atoms with Crippen molar-refractivity contribution in [2.24, 2.45) is 5.92 Å². The third-order valence-electron chi connectivity index (χ3n) is 4.08. The van der Waals surface area contributed by atoms with Crippen molar-refractivity contribution in [3.63, 3.8) is 0 Å². The van der Waals surface area contributed by atoms with Crippen LogP contribution in [0.2, 0.25) is 0 Å². The van der Waals surface area contributed by atoms with Gasteiger partial charge in [0, 0.05) is 6.04 Å². The largest absolute Gasteiger partial charge is 0.492 e. The number of para-hydroxylation sites is 1.